The molecule has 1 aromatic heterocycles. The van der Waals surface area contributed by atoms with E-state index in [4.69, 9.17) is 0 Å². The molecule has 27 heavy (non-hydrogen) atoms. The third kappa shape index (κ3) is 4.33. The summed E-state index contributed by atoms with van der Waals surface area (Å²) in [6.07, 6.45) is 0. The Morgan fingerprint density at radius 1 is 1.15 bits per heavy atom. The Morgan fingerprint density at radius 2 is 1.85 bits per heavy atom. The molecular formula is C19H19FN4O2S. The van der Waals surface area contributed by atoms with Gasteiger partial charge in [0.25, 0.3) is 5.69 Å². The van der Waals surface area contributed by atoms with Crippen LogP contribution in [0.15, 0.2) is 53.7 Å². The summed E-state index contributed by atoms with van der Waals surface area (Å²) in [5, 5.41) is 20.2. The van der Waals surface area contributed by atoms with Crippen molar-refractivity contribution in [2.24, 2.45) is 5.92 Å². The van der Waals surface area contributed by atoms with Gasteiger partial charge in [0.2, 0.25) is 0 Å². The highest BCUT2D eigenvalue weighted by atomic mass is 32.2. The molecule has 8 heteroatoms. The van der Waals surface area contributed by atoms with E-state index in [9.17, 15) is 14.5 Å². The number of nitro groups is 1. The predicted molar refractivity (Wildman–Crippen MR) is 103 cm³/mol. The summed E-state index contributed by atoms with van der Waals surface area (Å²) in [7, 11) is 0. The average molecular weight is 386 g/mol. The molecule has 0 radical (unpaired) electrons. The number of nitrogens with zero attached hydrogens (tertiary/aromatic N) is 4. The minimum Gasteiger partial charge on any atom is -0.302 e. The van der Waals surface area contributed by atoms with E-state index in [-0.39, 0.29) is 16.4 Å². The summed E-state index contributed by atoms with van der Waals surface area (Å²) >= 11 is 1.36. The van der Waals surface area contributed by atoms with Crippen LogP contribution in [0, 0.1) is 21.8 Å². The van der Waals surface area contributed by atoms with Crippen LogP contribution in [0.4, 0.5) is 10.1 Å². The summed E-state index contributed by atoms with van der Waals surface area (Å²) in [4.78, 5) is 10.8. The average Bonchev–Trinajstić information content (AvgIpc) is 3.02. The van der Waals surface area contributed by atoms with Crippen molar-refractivity contribution in [3.8, 4) is 11.4 Å². The van der Waals surface area contributed by atoms with Crippen molar-refractivity contribution in [1.82, 2.24) is 14.8 Å². The highest BCUT2D eigenvalue weighted by Crippen LogP contribution is 2.30. The summed E-state index contributed by atoms with van der Waals surface area (Å²) in [5.74, 6) is 0.791. The molecule has 0 spiro atoms. The maximum atomic E-state index is 14.2. The van der Waals surface area contributed by atoms with Crippen LogP contribution in [0.25, 0.3) is 11.4 Å². The molecular weight excluding hydrogens is 367 g/mol. The van der Waals surface area contributed by atoms with E-state index >= 15 is 0 Å². The first-order valence-electron chi connectivity index (χ1n) is 8.50. The first-order chi connectivity index (χ1) is 13.0. The van der Waals surface area contributed by atoms with Gasteiger partial charge in [-0.1, -0.05) is 55.9 Å². The minimum atomic E-state index is -0.389. The maximum Gasteiger partial charge on any atom is 0.273 e. The molecule has 0 amide bonds. The number of hydrogen-bond donors (Lipinski definition) is 0. The number of aromatic nitrogens is 3. The molecule has 2 aromatic carbocycles. The van der Waals surface area contributed by atoms with Crippen molar-refractivity contribution in [2.75, 3.05) is 0 Å². The minimum absolute atomic E-state index is 0.0780. The summed E-state index contributed by atoms with van der Waals surface area (Å²) in [5.41, 5.74) is 1.08. The van der Waals surface area contributed by atoms with Gasteiger partial charge in [0, 0.05) is 23.9 Å². The van der Waals surface area contributed by atoms with Crippen LogP contribution < -0.4 is 0 Å². The van der Waals surface area contributed by atoms with Crippen molar-refractivity contribution >= 4 is 17.4 Å². The van der Waals surface area contributed by atoms with Gasteiger partial charge in [-0.25, -0.2) is 4.39 Å². The molecule has 140 valence electrons. The van der Waals surface area contributed by atoms with Crippen LogP contribution in [-0.2, 0) is 12.3 Å². The Hall–Kier alpha value is -2.74. The van der Waals surface area contributed by atoms with Gasteiger partial charge < -0.3 is 4.57 Å². The van der Waals surface area contributed by atoms with Crippen molar-refractivity contribution in [2.45, 2.75) is 31.3 Å². The molecule has 0 saturated heterocycles. The smallest absolute Gasteiger partial charge is 0.273 e. The molecule has 0 unspecified atom stereocenters. The van der Waals surface area contributed by atoms with Gasteiger partial charge in [-0.3, -0.25) is 10.1 Å². The highest BCUT2D eigenvalue weighted by Gasteiger charge is 2.19. The quantitative estimate of drug-likeness (QED) is 0.327. The Labute approximate surface area is 160 Å². The monoisotopic (exact) mass is 386 g/mol. The molecule has 3 aromatic rings. The van der Waals surface area contributed by atoms with E-state index in [1.54, 1.807) is 36.4 Å². The first-order valence-corrected chi connectivity index (χ1v) is 9.49. The van der Waals surface area contributed by atoms with Crippen LogP contribution in [0.1, 0.15) is 19.4 Å². The van der Waals surface area contributed by atoms with Crippen LogP contribution in [-0.4, -0.2) is 19.7 Å². The van der Waals surface area contributed by atoms with E-state index < -0.39 is 0 Å². The van der Waals surface area contributed by atoms with Crippen molar-refractivity contribution in [3.63, 3.8) is 0 Å². The SMILES string of the molecule is CC(C)Cn1c(SCc2ccccc2[N+](=O)[O-])nnc1-c1ccccc1F. The third-order valence-corrected chi connectivity index (χ3v) is 4.94. The van der Waals surface area contributed by atoms with E-state index in [2.05, 4.69) is 24.0 Å². The Balaban J connectivity index is 1.92. The number of nitro benzene ring substituents is 1. The van der Waals surface area contributed by atoms with Gasteiger partial charge in [-0.05, 0) is 18.1 Å². The second-order valence-corrected chi connectivity index (χ2v) is 7.41. The summed E-state index contributed by atoms with van der Waals surface area (Å²) in [6, 6.07) is 13.1. The number of halogens is 1. The van der Waals surface area contributed by atoms with Crippen molar-refractivity contribution < 1.29 is 9.31 Å². The van der Waals surface area contributed by atoms with Crippen molar-refractivity contribution in [3.05, 3.63) is 70.0 Å². The van der Waals surface area contributed by atoms with Gasteiger partial charge in [0.05, 0.1) is 10.5 Å². The fourth-order valence-electron chi connectivity index (χ4n) is 2.72. The lowest BCUT2D eigenvalue weighted by Gasteiger charge is -2.13. The van der Waals surface area contributed by atoms with Gasteiger partial charge >= 0.3 is 0 Å². The molecule has 0 bridgehead atoms. The number of thioether (sulfide) groups is 1. The first kappa shape index (κ1) is 19.0. The van der Waals surface area contributed by atoms with Gasteiger partial charge in [-0.2, -0.15) is 0 Å². The second kappa shape index (κ2) is 8.30. The molecule has 0 aliphatic carbocycles. The summed E-state index contributed by atoms with van der Waals surface area (Å²) < 4.78 is 16.1. The lowest BCUT2D eigenvalue weighted by Crippen LogP contribution is -2.08. The molecule has 0 N–H and O–H groups in total. The number of para-hydroxylation sites is 1. The van der Waals surface area contributed by atoms with Crippen LogP contribution >= 0.6 is 11.8 Å². The standard InChI is InChI=1S/C19H19FN4O2S/c1-13(2)11-23-18(15-8-4-5-9-16(15)20)21-22-19(23)27-12-14-7-3-6-10-17(14)24(25)26/h3-10,13H,11-12H2,1-2H3. The second-order valence-electron chi connectivity index (χ2n) is 6.46. The number of hydrogen-bond acceptors (Lipinski definition) is 5. The van der Waals surface area contributed by atoms with E-state index in [1.165, 1.54) is 23.9 Å². The highest BCUT2D eigenvalue weighted by molar-refractivity contribution is 7.98. The molecule has 0 fully saturated rings. The molecule has 6 nitrogen and oxygen atoms in total. The Bertz CT molecular complexity index is 958. The molecule has 0 aliphatic heterocycles. The predicted octanol–water partition coefficient (Wildman–Crippen LogP) is 4.94. The molecule has 0 atom stereocenters. The molecule has 0 saturated carbocycles. The maximum absolute atomic E-state index is 14.2. The van der Waals surface area contributed by atoms with Crippen molar-refractivity contribution in [1.29, 1.82) is 0 Å². The Kier molecular flexibility index (Phi) is 5.85. The zero-order chi connectivity index (χ0) is 19.4. The van der Waals surface area contributed by atoms with Crippen LogP contribution in [0.5, 0.6) is 0 Å². The number of rotatable bonds is 7. The van der Waals surface area contributed by atoms with E-state index in [1.807, 2.05) is 4.57 Å². The lowest BCUT2D eigenvalue weighted by atomic mass is 10.2. The topological polar surface area (TPSA) is 73.8 Å². The van der Waals surface area contributed by atoms with E-state index in [0.29, 0.717) is 40.3 Å². The molecule has 0 aliphatic rings. The fraction of sp³-hybridized carbons (Fsp3) is 0.263. The van der Waals surface area contributed by atoms with Gasteiger partial charge in [-0.15, -0.1) is 10.2 Å². The van der Waals surface area contributed by atoms with Gasteiger partial charge in [0.15, 0.2) is 11.0 Å². The fourth-order valence-corrected chi connectivity index (χ4v) is 3.66. The molecule has 1 heterocycles. The van der Waals surface area contributed by atoms with E-state index in [0.717, 1.165) is 0 Å². The number of benzene rings is 2. The zero-order valence-electron chi connectivity index (χ0n) is 15.0. The molecule has 3 rings (SSSR count). The zero-order valence-corrected chi connectivity index (χ0v) is 15.8. The van der Waals surface area contributed by atoms with Crippen LogP contribution in [0.2, 0.25) is 0 Å². The van der Waals surface area contributed by atoms with Gasteiger partial charge in [0.1, 0.15) is 5.82 Å². The Morgan fingerprint density at radius 3 is 2.56 bits per heavy atom. The lowest BCUT2D eigenvalue weighted by molar-refractivity contribution is -0.385. The van der Waals surface area contributed by atoms with Crippen LogP contribution in [0.3, 0.4) is 0 Å². The third-order valence-electron chi connectivity index (χ3n) is 3.92. The normalized spacial score (nSPS) is 11.1. The largest absolute Gasteiger partial charge is 0.302 e. The summed E-state index contributed by atoms with van der Waals surface area (Å²) in [6.45, 7) is 4.74.